The predicted molar refractivity (Wildman–Crippen MR) is 83.0 cm³/mol. The van der Waals surface area contributed by atoms with E-state index in [1.165, 1.54) is 5.56 Å². The zero-order valence-corrected chi connectivity index (χ0v) is 13.1. The molecule has 0 aliphatic carbocycles. The number of benzene rings is 2. The molecule has 1 unspecified atom stereocenters. The summed E-state index contributed by atoms with van der Waals surface area (Å²) in [5, 5.41) is 1.60. The van der Waals surface area contributed by atoms with E-state index < -0.39 is 0 Å². The summed E-state index contributed by atoms with van der Waals surface area (Å²) >= 11 is 16.0. The molecule has 0 spiro atoms. The van der Waals surface area contributed by atoms with Crippen LogP contribution < -0.4 is 0 Å². The lowest BCUT2D eigenvalue weighted by molar-refractivity contribution is 0.947. The van der Waals surface area contributed by atoms with Crippen molar-refractivity contribution in [2.75, 3.05) is 0 Å². The number of halogens is 3. The van der Waals surface area contributed by atoms with E-state index in [1.54, 1.807) is 0 Å². The SMILES string of the molecule is Cc1cccc(C(Br)Cc2cccc(Cl)c2)c1Cl. The van der Waals surface area contributed by atoms with Crippen molar-refractivity contribution in [3.63, 3.8) is 0 Å². The highest BCUT2D eigenvalue weighted by molar-refractivity contribution is 9.09. The topological polar surface area (TPSA) is 0 Å². The Morgan fingerprint density at radius 3 is 2.56 bits per heavy atom. The van der Waals surface area contributed by atoms with Gasteiger partial charge >= 0.3 is 0 Å². The molecule has 0 aliphatic heterocycles. The van der Waals surface area contributed by atoms with Crippen LogP contribution in [0.4, 0.5) is 0 Å². The normalized spacial score (nSPS) is 12.4. The molecule has 94 valence electrons. The third kappa shape index (κ3) is 3.28. The van der Waals surface area contributed by atoms with Crippen LogP contribution in [0.5, 0.6) is 0 Å². The van der Waals surface area contributed by atoms with Crippen LogP contribution in [0.25, 0.3) is 0 Å². The lowest BCUT2D eigenvalue weighted by Gasteiger charge is -2.13. The van der Waals surface area contributed by atoms with Gasteiger partial charge in [0.1, 0.15) is 0 Å². The second kappa shape index (κ2) is 6.10. The van der Waals surface area contributed by atoms with Crippen molar-refractivity contribution >= 4 is 39.1 Å². The Hall–Kier alpha value is -0.500. The number of alkyl halides is 1. The Balaban J connectivity index is 2.22. The maximum Gasteiger partial charge on any atom is 0.0478 e. The van der Waals surface area contributed by atoms with Gasteiger partial charge in [0.05, 0.1) is 0 Å². The molecule has 0 nitrogen and oxygen atoms in total. The van der Waals surface area contributed by atoms with E-state index in [1.807, 2.05) is 37.3 Å². The van der Waals surface area contributed by atoms with Crippen LogP contribution in [-0.2, 0) is 6.42 Å². The van der Waals surface area contributed by atoms with Crippen molar-refractivity contribution in [3.05, 3.63) is 69.2 Å². The van der Waals surface area contributed by atoms with E-state index in [0.29, 0.717) is 0 Å². The lowest BCUT2D eigenvalue weighted by atomic mass is 10.0. The second-order valence-electron chi connectivity index (χ2n) is 4.28. The smallest absolute Gasteiger partial charge is 0.0478 e. The fourth-order valence-electron chi connectivity index (χ4n) is 1.89. The molecule has 0 aliphatic rings. The number of hydrogen-bond acceptors (Lipinski definition) is 0. The van der Waals surface area contributed by atoms with Crippen LogP contribution in [0.2, 0.25) is 10.0 Å². The standard InChI is InChI=1S/C15H13BrCl2/c1-10-4-2-7-13(15(10)18)14(16)9-11-5-3-6-12(17)8-11/h2-8,14H,9H2,1H3. The first-order valence-corrected chi connectivity index (χ1v) is 7.38. The van der Waals surface area contributed by atoms with E-state index in [2.05, 4.69) is 28.1 Å². The Morgan fingerprint density at radius 2 is 1.83 bits per heavy atom. The molecule has 18 heavy (non-hydrogen) atoms. The van der Waals surface area contributed by atoms with Crippen molar-refractivity contribution in [1.82, 2.24) is 0 Å². The molecule has 0 saturated heterocycles. The molecular formula is C15H13BrCl2. The quantitative estimate of drug-likeness (QED) is 0.601. The molecule has 0 heterocycles. The maximum atomic E-state index is 6.33. The Bertz CT molecular complexity index is 552. The average molecular weight is 344 g/mol. The number of hydrogen-bond donors (Lipinski definition) is 0. The highest BCUT2D eigenvalue weighted by Crippen LogP contribution is 2.34. The van der Waals surface area contributed by atoms with Crippen molar-refractivity contribution < 1.29 is 0 Å². The van der Waals surface area contributed by atoms with Gasteiger partial charge < -0.3 is 0 Å². The summed E-state index contributed by atoms with van der Waals surface area (Å²) in [6, 6.07) is 14.0. The monoisotopic (exact) mass is 342 g/mol. The van der Waals surface area contributed by atoms with Crippen LogP contribution in [0.1, 0.15) is 21.5 Å². The van der Waals surface area contributed by atoms with Crippen LogP contribution in [0, 0.1) is 6.92 Å². The summed E-state index contributed by atoms with van der Waals surface area (Å²) in [5.41, 5.74) is 3.42. The number of aryl methyl sites for hydroxylation is 1. The molecule has 3 heteroatoms. The van der Waals surface area contributed by atoms with Gasteiger partial charge in [0.15, 0.2) is 0 Å². The van der Waals surface area contributed by atoms with E-state index in [-0.39, 0.29) is 4.83 Å². The molecule has 0 N–H and O–H groups in total. The minimum absolute atomic E-state index is 0.198. The molecule has 0 aromatic heterocycles. The predicted octanol–water partition coefficient (Wildman–Crippen LogP) is 5.98. The summed E-state index contributed by atoms with van der Waals surface area (Å²) in [6.07, 6.45) is 0.865. The first-order valence-electron chi connectivity index (χ1n) is 5.71. The summed E-state index contributed by atoms with van der Waals surface area (Å²) < 4.78 is 0. The molecule has 1 atom stereocenters. The van der Waals surface area contributed by atoms with E-state index in [0.717, 1.165) is 27.6 Å². The van der Waals surface area contributed by atoms with Crippen LogP contribution in [0.3, 0.4) is 0 Å². The van der Waals surface area contributed by atoms with Gasteiger partial charge in [-0.15, -0.1) is 0 Å². The van der Waals surface area contributed by atoms with Gasteiger partial charge in [-0.25, -0.2) is 0 Å². The van der Waals surface area contributed by atoms with Crippen molar-refractivity contribution in [2.45, 2.75) is 18.2 Å². The molecular weight excluding hydrogens is 331 g/mol. The Morgan fingerprint density at radius 1 is 1.11 bits per heavy atom. The molecule has 0 fully saturated rings. The van der Waals surface area contributed by atoms with Gasteiger partial charge in [-0.05, 0) is 42.2 Å². The van der Waals surface area contributed by atoms with Crippen LogP contribution >= 0.6 is 39.1 Å². The van der Waals surface area contributed by atoms with E-state index in [4.69, 9.17) is 23.2 Å². The Kier molecular flexibility index (Phi) is 4.71. The summed E-state index contributed by atoms with van der Waals surface area (Å²) in [5.74, 6) is 0. The van der Waals surface area contributed by atoms with Gasteiger partial charge in [-0.2, -0.15) is 0 Å². The molecule has 2 rings (SSSR count). The minimum atomic E-state index is 0.198. The third-order valence-electron chi connectivity index (χ3n) is 2.86. The second-order valence-corrected chi connectivity index (χ2v) is 6.20. The fraction of sp³-hybridized carbons (Fsp3) is 0.200. The maximum absolute atomic E-state index is 6.33. The van der Waals surface area contributed by atoms with Gasteiger partial charge in [-0.1, -0.05) is 69.5 Å². The zero-order valence-electron chi connectivity index (χ0n) is 9.96. The van der Waals surface area contributed by atoms with Gasteiger partial charge in [0.2, 0.25) is 0 Å². The molecule has 0 bridgehead atoms. The van der Waals surface area contributed by atoms with Gasteiger partial charge in [0, 0.05) is 14.9 Å². The molecule has 2 aromatic rings. The average Bonchev–Trinajstić information content (AvgIpc) is 2.32. The first kappa shape index (κ1) is 13.9. The lowest BCUT2D eigenvalue weighted by Crippen LogP contribution is -1.97. The third-order valence-corrected chi connectivity index (χ3v) is 4.43. The molecule has 0 radical (unpaired) electrons. The fourth-order valence-corrected chi connectivity index (χ4v) is 3.25. The van der Waals surface area contributed by atoms with Crippen molar-refractivity contribution in [3.8, 4) is 0 Å². The minimum Gasteiger partial charge on any atom is -0.0843 e. The molecule has 2 aromatic carbocycles. The van der Waals surface area contributed by atoms with Crippen molar-refractivity contribution in [1.29, 1.82) is 0 Å². The summed E-state index contributed by atoms with van der Waals surface area (Å²) in [6.45, 7) is 2.02. The molecule has 0 saturated carbocycles. The zero-order chi connectivity index (χ0) is 13.1. The number of rotatable bonds is 3. The summed E-state index contributed by atoms with van der Waals surface area (Å²) in [7, 11) is 0. The highest BCUT2D eigenvalue weighted by atomic mass is 79.9. The highest BCUT2D eigenvalue weighted by Gasteiger charge is 2.13. The summed E-state index contributed by atoms with van der Waals surface area (Å²) in [4.78, 5) is 0.198. The Labute approximate surface area is 126 Å². The van der Waals surface area contributed by atoms with Crippen molar-refractivity contribution in [2.24, 2.45) is 0 Å². The van der Waals surface area contributed by atoms with E-state index >= 15 is 0 Å². The van der Waals surface area contributed by atoms with Gasteiger partial charge in [0.25, 0.3) is 0 Å². The molecule has 0 amide bonds. The van der Waals surface area contributed by atoms with E-state index in [9.17, 15) is 0 Å². The van der Waals surface area contributed by atoms with Crippen LogP contribution in [-0.4, -0.2) is 0 Å². The first-order chi connectivity index (χ1) is 8.58. The largest absolute Gasteiger partial charge is 0.0843 e. The van der Waals surface area contributed by atoms with Crippen LogP contribution in [0.15, 0.2) is 42.5 Å². The van der Waals surface area contributed by atoms with Gasteiger partial charge in [-0.3, -0.25) is 0 Å².